The van der Waals surface area contributed by atoms with Crippen LogP contribution >= 0.6 is 0 Å². The van der Waals surface area contributed by atoms with Gasteiger partial charge in [0.25, 0.3) is 0 Å². The SMILES string of the molecule is Cc1ccc([S@@](=O)c2ccccc2[C@@](C)(C#N)[C@@H]2CCC(=O)[C@H]2[C@@H](NS(=O)(=O)c2ccc(C)cc2)c2ccccc2)cc1. The lowest BCUT2D eigenvalue weighted by Gasteiger charge is -2.37. The number of benzene rings is 4. The second kappa shape index (κ2) is 12.4. The lowest BCUT2D eigenvalue weighted by Crippen LogP contribution is -2.43. The van der Waals surface area contributed by atoms with E-state index in [0.29, 0.717) is 27.3 Å². The molecular formula is C35H34N2O4S2. The lowest BCUT2D eigenvalue weighted by atomic mass is 9.66. The van der Waals surface area contributed by atoms with Crippen LogP contribution in [-0.4, -0.2) is 18.4 Å². The summed E-state index contributed by atoms with van der Waals surface area (Å²) in [4.78, 5) is 14.9. The zero-order valence-electron chi connectivity index (χ0n) is 24.4. The highest BCUT2D eigenvalue weighted by Crippen LogP contribution is 2.50. The van der Waals surface area contributed by atoms with Crippen LogP contribution in [-0.2, 0) is 31.0 Å². The zero-order chi connectivity index (χ0) is 30.8. The summed E-state index contributed by atoms with van der Waals surface area (Å²) >= 11 is 0. The Morgan fingerprint density at radius 1 is 0.884 bits per heavy atom. The molecule has 0 amide bonds. The molecule has 220 valence electrons. The number of sulfonamides is 1. The molecule has 1 N–H and O–H groups in total. The van der Waals surface area contributed by atoms with E-state index >= 15 is 0 Å². The van der Waals surface area contributed by atoms with Crippen LogP contribution in [0.15, 0.2) is 118 Å². The molecule has 0 bridgehead atoms. The topological polar surface area (TPSA) is 104 Å². The summed E-state index contributed by atoms with van der Waals surface area (Å²) in [6.45, 7) is 5.62. The van der Waals surface area contributed by atoms with Gasteiger partial charge in [-0.25, -0.2) is 17.3 Å². The van der Waals surface area contributed by atoms with Crippen molar-refractivity contribution in [1.29, 1.82) is 5.26 Å². The maximum absolute atomic E-state index is 13.9. The first-order valence-electron chi connectivity index (χ1n) is 14.2. The average molecular weight is 611 g/mol. The predicted molar refractivity (Wildman–Crippen MR) is 167 cm³/mol. The van der Waals surface area contributed by atoms with Gasteiger partial charge in [0.15, 0.2) is 0 Å². The summed E-state index contributed by atoms with van der Waals surface area (Å²) < 4.78 is 44.1. The van der Waals surface area contributed by atoms with E-state index in [1.807, 2.05) is 44.2 Å². The van der Waals surface area contributed by atoms with Gasteiger partial charge in [0.2, 0.25) is 10.0 Å². The third-order valence-corrected chi connectivity index (χ3v) is 11.4. The quantitative estimate of drug-likeness (QED) is 0.231. The highest BCUT2D eigenvalue weighted by atomic mass is 32.2. The summed E-state index contributed by atoms with van der Waals surface area (Å²) in [6.07, 6.45) is 0.611. The van der Waals surface area contributed by atoms with Crippen molar-refractivity contribution in [2.75, 3.05) is 0 Å². The first kappa shape index (κ1) is 30.6. The Hall–Kier alpha value is -3.90. The summed E-state index contributed by atoms with van der Waals surface area (Å²) in [5.41, 5.74) is 1.95. The van der Waals surface area contributed by atoms with Gasteiger partial charge in [-0.15, -0.1) is 0 Å². The molecule has 1 saturated carbocycles. The third kappa shape index (κ3) is 6.12. The fourth-order valence-corrected chi connectivity index (χ4v) is 8.65. The summed E-state index contributed by atoms with van der Waals surface area (Å²) in [7, 11) is -5.59. The van der Waals surface area contributed by atoms with Crippen LogP contribution in [0.1, 0.15) is 48.1 Å². The molecule has 6 nitrogen and oxygen atoms in total. The van der Waals surface area contributed by atoms with E-state index in [-0.39, 0.29) is 17.1 Å². The molecule has 1 aliphatic rings. The van der Waals surface area contributed by atoms with Gasteiger partial charge in [-0.05, 0) is 74.6 Å². The van der Waals surface area contributed by atoms with Gasteiger partial charge < -0.3 is 0 Å². The Morgan fingerprint density at radius 3 is 2.09 bits per heavy atom. The molecule has 1 fully saturated rings. The maximum Gasteiger partial charge on any atom is 0.241 e. The smallest absolute Gasteiger partial charge is 0.241 e. The van der Waals surface area contributed by atoms with E-state index in [1.54, 1.807) is 79.7 Å². The number of nitrogens with zero attached hydrogens (tertiary/aromatic N) is 1. The van der Waals surface area contributed by atoms with Crippen molar-refractivity contribution in [1.82, 2.24) is 4.72 Å². The Morgan fingerprint density at radius 2 is 1.47 bits per heavy atom. The Bertz CT molecular complexity index is 1800. The standard InChI is InChI=1S/C35H34N2O4S2/c1-24-13-17-27(18-14-24)42(39)32-12-8-7-11-29(32)35(3,23-36)30-21-22-31(38)33(30)34(26-9-5-4-6-10-26)37-43(40,41)28-19-15-25(2)16-20-28/h4-20,30,33-34,37H,21-22H2,1-3H3/t30-,33+,34+,35-,42-/m1/s1. The molecule has 0 spiro atoms. The van der Waals surface area contributed by atoms with Gasteiger partial charge in [0.05, 0.1) is 33.2 Å². The van der Waals surface area contributed by atoms with Crippen molar-refractivity contribution in [2.24, 2.45) is 11.8 Å². The van der Waals surface area contributed by atoms with E-state index in [2.05, 4.69) is 10.8 Å². The predicted octanol–water partition coefficient (Wildman–Crippen LogP) is 6.57. The van der Waals surface area contributed by atoms with Gasteiger partial charge in [-0.1, -0.05) is 83.9 Å². The summed E-state index contributed by atoms with van der Waals surface area (Å²) in [5, 5.41) is 10.8. The van der Waals surface area contributed by atoms with E-state index < -0.39 is 44.1 Å². The lowest BCUT2D eigenvalue weighted by molar-refractivity contribution is -0.122. The van der Waals surface area contributed by atoms with Gasteiger partial charge in [-0.2, -0.15) is 5.26 Å². The van der Waals surface area contributed by atoms with Crippen LogP contribution in [0.2, 0.25) is 0 Å². The monoisotopic (exact) mass is 610 g/mol. The largest absolute Gasteiger partial charge is 0.299 e. The minimum atomic E-state index is -4.02. The molecule has 0 radical (unpaired) electrons. The molecule has 4 aromatic carbocycles. The fourth-order valence-electron chi connectivity index (χ4n) is 6.09. The number of ketones is 1. The Labute approximate surface area is 256 Å². The molecule has 43 heavy (non-hydrogen) atoms. The second-order valence-corrected chi connectivity index (χ2v) is 14.5. The highest BCUT2D eigenvalue weighted by molar-refractivity contribution is 7.89. The molecule has 0 unspecified atom stereocenters. The number of rotatable bonds is 9. The number of nitriles is 1. The number of carbonyl (C=O) groups is 1. The van der Waals surface area contributed by atoms with Crippen molar-refractivity contribution in [3.8, 4) is 6.07 Å². The molecular weight excluding hydrogens is 577 g/mol. The molecule has 8 heteroatoms. The van der Waals surface area contributed by atoms with Crippen molar-refractivity contribution in [3.63, 3.8) is 0 Å². The minimum absolute atomic E-state index is 0.0999. The van der Waals surface area contributed by atoms with Crippen LogP contribution in [0.25, 0.3) is 0 Å². The van der Waals surface area contributed by atoms with E-state index in [0.717, 1.165) is 11.1 Å². The minimum Gasteiger partial charge on any atom is -0.299 e. The number of Topliss-reactive ketones (excluding diaryl/α,β-unsaturated/α-hetero) is 1. The van der Waals surface area contributed by atoms with Crippen LogP contribution in [0.4, 0.5) is 0 Å². The van der Waals surface area contributed by atoms with Crippen molar-refractivity contribution >= 4 is 26.6 Å². The molecule has 0 aromatic heterocycles. The van der Waals surface area contributed by atoms with Gasteiger partial charge in [-0.3, -0.25) is 4.79 Å². The van der Waals surface area contributed by atoms with E-state index in [9.17, 15) is 22.7 Å². The number of hydrogen-bond acceptors (Lipinski definition) is 5. The van der Waals surface area contributed by atoms with Crippen LogP contribution < -0.4 is 4.72 Å². The third-order valence-electron chi connectivity index (χ3n) is 8.49. The van der Waals surface area contributed by atoms with Crippen molar-refractivity contribution < 1.29 is 17.4 Å². The molecule has 0 heterocycles. The normalized spacial score (nSPS) is 19.7. The molecule has 4 aromatic rings. The van der Waals surface area contributed by atoms with E-state index in [4.69, 9.17) is 0 Å². The maximum atomic E-state index is 13.9. The van der Waals surface area contributed by atoms with Crippen LogP contribution in [0, 0.1) is 37.0 Å². The van der Waals surface area contributed by atoms with Gasteiger partial charge in [0.1, 0.15) is 5.78 Å². The van der Waals surface area contributed by atoms with Gasteiger partial charge in [0, 0.05) is 22.1 Å². The number of carbonyl (C=O) groups excluding carboxylic acids is 1. The molecule has 5 rings (SSSR count). The first-order chi connectivity index (χ1) is 20.5. The Balaban J connectivity index is 1.60. The zero-order valence-corrected chi connectivity index (χ0v) is 26.0. The van der Waals surface area contributed by atoms with E-state index in [1.165, 1.54) is 0 Å². The van der Waals surface area contributed by atoms with Crippen molar-refractivity contribution in [2.45, 2.75) is 59.8 Å². The highest BCUT2D eigenvalue weighted by Gasteiger charge is 2.52. The number of hydrogen-bond donors (Lipinski definition) is 1. The Kier molecular flexibility index (Phi) is 8.79. The summed E-state index contributed by atoms with van der Waals surface area (Å²) in [6, 6.07) is 31.8. The number of nitrogens with one attached hydrogen (secondary N) is 1. The fraction of sp³-hybridized carbons (Fsp3) is 0.257. The average Bonchev–Trinajstić information content (AvgIpc) is 3.41. The van der Waals surface area contributed by atoms with Gasteiger partial charge >= 0.3 is 0 Å². The van der Waals surface area contributed by atoms with Crippen LogP contribution in [0.3, 0.4) is 0 Å². The molecule has 1 aliphatic carbocycles. The number of aryl methyl sites for hydroxylation is 2. The molecule has 0 aliphatic heterocycles. The van der Waals surface area contributed by atoms with Crippen LogP contribution in [0.5, 0.6) is 0 Å². The molecule has 0 saturated heterocycles. The second-order valence-electron chi connectivity index (χ2n) is 11.4. The van der Waals surface area contributed by atoms with Crippen molar-refractivity contribution in [3.05, 3.63) is 125 Å². The first-order valence-corrected chi connectivity index (χ1v) is 16.8. The molecule has 5 atom stereocenters. The summed E-state index contributed by atoms with van der Waals surface area (Å²) in [5.74, 6) is -1.48.